The van der Waals surface area contributed by atoms with Gasteiger partial charge in [-0.15, -0.1) is 0 Å². The molecule has 3 aromatic heterocycles. The second-order valence-electron chi connectivity index (χ2n) is 9.11. The number of pyridine rings is 2. The summed E-state index contributed by atoms with van der Waals surface area (Å²) in [7, 11) is 0. The summed E-state index contributed by atoms with van der Waals surface area (Å²) in [6, 6.07) is 14.0. The minimum Gasteiger partial charge on any atom is -0.444 e. The van der Waals surface area contributed by atoms with Crippen LogP contribution in [0, 0.1) is 6.92 Å². The number of benzene rings is 1. The molecule has 4 aromatic rings. The number of nitrogens with one attached hydrogen (secondary N) is 2. The number of anilines is 2. The minimum absolute atomic E-state index is 0.402. The molecule has 168 valence electrons. The van der Waals surface area contributed by atoms with E-state index < -0.39 is 11.7 Å². The summed E-state index contributed by atoms with van der Waals surface area (Å²) in [5.74, 6) is 1.28. The van der Waals surface area contributed by atoms with E-state index in [4.69, 9.17) is 14.7 Å². The third-order valence-corrected chi connectivity index (χ3v) is 5.41. The first kappa shape index (κ1) is 20.9. The summed E-state index contributed by atoms with van der Waals surface area (Å²) in [5, 5.41) is 6.09. The number of carbonyl (C=O) groups is 1. The van der Waals surface area contributed by atoms with Crippen molar-refractivity contribution in [1.82, 2.24) is 19.5 Å². The number of rotatable bonds is 3. The smallest absolute Gasteiger partial charge is 0.413 e. The molecule has 0 saturated carbocycles. The van der Waals surface area contributed by atoms with Crippen molar-refractivity contribution in [2.45, 2.75) is 39.7 Å². The lowest BCUT2D eigenvalue weighted by Gasteiger charge is -2.19. The molecule has 33 heavy (non-hydrogen) atoms. The molecule has 1 amide bonds. The Labute approximate surface area is 192 Å². The van der Waals surface area contributed by atoms with Crippen molar-refractivity contribution in [2.24, 2.45) is 0 Å². The maximum Gasteiger partial charge on any atom is 0.413 e. The average molecular weight is 443 g/mol. The van der Waals surface area contributed by atoms with Gasteiger partial charge in [-0.1, -0.05) is 0 Å². The van der Waals surface area contributed by atoms with Crippen LogP contribution in [-0.2, 0) is 11.2 Å². The molecule has 1 aromatic carbocycles. The van der Waals surface area contributed by atoms with Crippen molar-refractivity contribution in [1.29, 1.82) is 0 Å². The first-order chi connectivity index (χ1) is 15.8. The predicted octanol–water partition coefficient (Wildman–Crippen LogP) is 5.11. The zero-order chi connectivity index (χ0) is 23.2. The Morgan fingerprint density at radius 3 is 2.79 bits per heavy atom. The van der Waals surface area contributed by atoms with Crippen molar-refractivity contribution >= 4 is 28.8 Å². The van der Waals surface area contributed by atoms with Crippen molar-refractivity contribution < 1.29 is 9.53 Å². The fourth-order valence-corrected chi connectivity index (χ4v) is 4.04. The van der Waals surface area contributed by atoms with Crippen molar-refractivity contribution in [2.75, 3.05) is 17.2 Å². The Morgan fingerprint density at radius 1 is 1.12 bits per heavy atom. The van der Waals surface area contributed by atoms with Gasteiger partial charge in [-0.05, 0) is 82.1 Å². The van der Waals surface area contributed by atoms with E-state index in [1.807, 2.05) is 45.9 Å². The van der Waals surface area contributed by atoms with E-state index >= 15 is 0 Å². The highest BCUT2D eigenvalue weighted by molar-refractivity contribution is 5.85. The third kappa shape index (κ3) is 4.24. The number of hydrogen-bond acceptors (Lipinski definition) is 6. The van der Waals surface area contributed by atoms with E-state index in [1.165, 1.54) is 11.3 Å². The standard InChI is InChI=1S/C25H26N6O2/c1-15-28-21-8-7-20(17-10-12-27-22(14-17)30-24(32)33-25(2,3)4)29-23(21)31(15)18-5-6-19-16(13-18)9-11-26-19/h5-8,10,12-14,26H,9,11H2,1-4H3,(H,27,30,32). The molecule has 8 heteroatoms. The van der Waals surface area contributed by atoms with Gasteiger partial charge in [-0.25, -0.2) is 19.7 Å². The summed E-state index contributed by atoms with van der Waals surface area (Å²) >= 11 is 0. The molecule has 4 heterocycles. The van der Waals surface area contributed by atoms with Gasteiger partial charge in [0.05, 0.1) is 5.69 Å². The molecule has 5 rings (SSSR count). The second-order valence-corrected chi connectivity index (χ2v) is 9.11. The Hall–Kier alpha value is -3.94. The molecule has 0 aliphatic carbocycles. The zero-order valence-corrected chi connectivity index (χ0v) is 19.1. The highest BCUT2D eigenvalue weighted by Gasteiger charge is 2.18. The highest BCUT2D eigenvalue weighted by atomic mass is 16.6. The molecule has 0 spiro atoms. The van der Waals surface area contributed by atoms with Crippen molar-refractivity contribution in [3.05, 3.63) is 60.0 Å². The number of amides is 1. The fourth-order valence-electron chi connectivity index (χ4n) is 4.04. The maximum absolute atomic E-state index is 12.1. The molecule has 1 aliphatic heterocycles. The number of hydrogen-bond donors (Lipinski definition) is 2. The monoisotopic (exact) mass is 442 g/mol. The van der Waals surface area contributed by atoms with Crippen LogP contribution in [0.5, 0.6) is 0 Å². The Balaban J connectivity index is 1.50. The van der Waals surface area contributed by atoms with Crippen LogP contribution in [0.3, 0.4) is 0 Å². The number of ether oxygens (including phenoxy) is 1. The quantitative estimate of drug-likeness (QED) is 0.458. The molecule has 0 saturated heterocycles. The number of nitrogens with zero attached hydrogens (tertiary/aromatic N) is 4. The Morgan fingerprint density at radius 2 is 1.97 bits per heavy atom. The summed E-state index contributed by atoms with van der Waals surface area (Å²) < 4.78 is 7.40. The van der Waals surface area contributed by atoms with Gasteiger partial charge in [0.2, 0.25) is 0 Å². The van der Waals surface area contributed by atoms with E-state index in [-0.39, 0.29) is 0 Å². The summed E-state index contributed by atoms with van der Waals surface area (Å²) in [6.07, 6.45) is 2.11. The molecule has 0 fully saturated rings. The van der Waals surface area contributed by atoms with Crippen LogP contribution in [0.1, 0.15) is 32.2 Å². The number of imidazole rings is 1. The van der Waals surface area contributed by atoms with Crippen LogP contribution in [0.25, 0.3) is 28.1 Å². The van der Waals surface area contributed by atoms with Crippen LogP contribution in [0.15, 0.2) is 48.7 Å². The van der Waals surface area contributed by atoms with E-state index in [0.717, 1.165) is 46.9 Å². The normalized spacial score (nSPS) is 13.0. The molecular formula is C25H26N6O2. The first-order valence-electron chi connectivity index (χ1n) is 11.0. The third-order valence-electron chi connectivity index (χ3n) is 5.41. The molecule has 1 aliphatic rings. The second kappa shape index (κ2) is 7.88. The lowest BCUT2D eigenvalue weighted by molar-refractivity contribution is 0.0635. The van der Waals surface area contributed by atoms with Crippen LogP contribution in [-0.4, -0.2) is 37.8 Å². The summed E-state index contributed by atoms with van der Waals surface area (Å²) in [4.78, 5) is 26.0. The van der Waals surface area contributed by atoms with Crippen molar-refractivity contribution in [3.63, 3.8) is 0 Å². The molecular weight excluding hydrogens is 416 g/mol. The average Bonchev–Trinajstić information content (AvgIpc) is 3.34. The van der Waals surface area contributed by atoms with Gasteiger partial charge in [-0.3, -0.25) is 9.88 Å². The SMILES string of the molecule is Cc1nc2ccc(-c3ccnc(NC(=O)OC(C)(C)C)c3)nc2n1-c1ccc2c(c1)CCN2. The molecule has 0 unspecified atom stereocenters. The van der Waals surface area contributed by atoms with Crippen molar-refractivity contribution in [3.8, 4) is 16.9 Å². The van der Waals surface area contributed by atoms with Crippen LogP contribution in [0.4, 0.5) is 16.3 Å². The molecule has 0 radical (unpaired) electrons. The van der Waals surface area contributed by atoms with Gasteiger partial charge in [0, 0.05) is 29.7 Å². The summed E-state index contributed by atoms with van der Waals surface area (Å²) in [5.41, 5.74) is 6.17. The Kier molecular flexibility index (Phi) is 5.00. The number of aryl methyl sites for hydroxylation is 1. The topological polar surface area (TPSA) is 94.0 Å². The highest BCUT2D eigenvalue weighted by Crippen LogP contribution is 2.29. The van der Waals surface area contributed by atoms with Gasteiger partial charge in [-0.2, -0.15) is 0 Å². The minimum atomic E-state index is -0.585. The first-order valence-corrected chi connectivity index (χ1v) is 11.0. The van der Waals surface area contributed by atoms with Gasteiger partial charge in [0.25, 0.3) is 0 Å². The molecule has 0 bridgehead atoms. The number of carbonyl (C=O) groups excluding carboxylic acids is 1. The molecule has 8 nitrogen and oxygen atoms in total. The van der Waals surface area contributed by atoms with Gasteiger partial charge in [0.15, 0.2) is 5.65 Å². The number of fused-ring (bicyclic) bond motifs is 2. The van der Waals surface area contributed by atoms with Gasteiger partial charge < -0.3 is 10.1 Å². The Bertz CT molecular complexity index is 1370. The van der Waals surface area contributed by atoms with E-state index in [1.54, 1.807) is 12.3 Å². The predicted molar refractivity (Wildman–Crippen MR) is 129 cm³/mol. The van der Waals surface area contributed by atoms with Crippen LogP contribution in [0.2, 0.25) is 0 Å². The zero-order valence-electron chi connectivity index (χ0n) is 19.1. The number of aromatic nitrogens is 4. The summed E-state index contributed by atoms with van der Waals surface area (Å²) in [6.45, 7) is 8.41. The van der Waals surface area contributed by atoms with Crippen LogP contribution < -0.4 is 10.6 Å². The van der Waals surface area contributed by atoms with Gasteiger partial charge in [0.1, 0.15) is 22.8 Å². The lowest BCUT2D eigenvalue weighted by atomic mass is 10.1. The molecule has 2 N–H and O–H groups in total. The van der Waals surface area contributed by atoms with E-state index in [0.29, 0.717) is 5.82 Å². The largest absolute Gasteiger partial charge is 0.444 e. The van der Waals surface area contributed by atoms with Gasteiger partial charge >= 0.3 is 6.09 Å². The van der Waals surface area contributed by atoms with E-state index in [2.05, 4.69) is 38.4 Å². The fraction of sp³-hybridized carbons (Fsp3) is 0.280. The lowest BCUT2D eigenvalue weighted by Crippen LogP contribution is -2.27. The van der Waals surface area contributed by atoms with E-state index in [9.17, 15) is 4.79 Å². The van der Waals surface area contributed by atoms with Crippen LogP contribution >= 0.6 is 0 Å². The maximum atomic E-state index is 12.1. The molecule has 0 atom stereocenters.